The number of carbonyl (C=O) groups is 1. The van der Waals surface area contributed by atoms with Gasteiger partial charge in [0.15, 0.2) is 5.54 Å². The highest BCUT2D eigenvalue weighted by Gasteiger charge is 2.57. The van der Waals surface area contributed by atoms with Crippen LogP contribution in [0, 0.1) is 5.92 Å². The summed E-state index contributed by atoms with van der Waals surface area (Å²) in [6.45, 7) is 7.23. The van der Waals surface area contributed by atoms with Crippen LogP contribution in [-0.2, 0) is 14.3 Å². The van der Waals surface area contributed by atoms with E-state index in [1.54, 1.807) is 0 Å². The molecule has 150 valence electrons. The van der Waals surface area contributed by atoms with Crippen LogP contribution in [0.2, 0.25) is 0 Å². The molecule has 5 nitrogen and oxygen atoms in total. The van der Waals surface area contributed by atoms with E-state index in [-0.39, 0.29) is 23.6 Å². The Bertz CT molecular complexity index is 654. The third-order valence-electron chi connectivity index (χ3n) is 6.64. The van der Waals surface area contributed by atoms with Crippen LogP contribution >= 0.6 is 0 Å². The number of allylic oxidation sites excluding steroid dienone is 4. The van der Waals surface area contributed by atoms with Crippen molar-refractivity contribution in [2.75, 3.05) is 13.7 Å². The number of carbonyl (C=O) groups excluding carboxylic acids is 1. The predicted octanol–water partition coefficient (Wildman–Crippen LogP) is 5.16. The second-order valence-electron chi connectivity index (χ2n) is 8.70. The van der Waals surface area contributed by atoms with Crippen LogP contribution in [0.25, 0.3) is 0 Å². The van der Waals surface area contributed by atoms with Crippen LogP contribution in [0.4, 0.5) is 0 Å². The number of nitrogens with zero attached hydrogens (tertiary/aromatic N) is 2. The lowest BCUT2D eigenvalue weighted by Crippen LogP contribution is -2.44. The average Bonchev–Trinajstić information content (AvgIpc) is 3.05. The summed E-state index contributed by atoms with van der Waals surface area (Å²) < 4.78 is 11.3. The van der Waals surface area contributed by atoms with Gasteiger partial charge in [0.05, 0.1) is 25.4 Å². The molecule has 4 atom stereocenters. The normalized spacial score (nSPS) is 41.5. The van der Waals surface area contributed by atoms with Gasteiger partial charge in [-0.2, -0.15) is 10.2 Å². The number of hydrogen-bond donors (Lipinski definition) is 0. The molecule has 3 rings (SSSR count). The minimum Gasteiger partial charge on any atom is -0.467 e. The topological polar surface area (TPSA) is 63.5 Å². The second kappa shape index (κ2) is 8.26. The van der Waals surface area contributed by atoms with Crippen LogP contribution < -0.4 is 0 Å². The SMILES string of the molecule is COC(=O)[C@@]1(C2CC/C(C)=C\CC/C(C)=C\CC[C@@]3(C)O[C@@H]3C2)CCN=N1. The van der Waals surface area contributed by atoms with Crippen molar-refractivity contribution >= 4 is 5.97 Å². The van der Waals surface area contributed by atoms with Crippen LogP contribution in [0.5, 0.6) is 0 Å². The summed E-state index contributed by atoms with van der Waals surface area (Å²) >= 11 is 0. The summed E-state index contributed by atoms with van der Waals surface area (Å²) in [5.41, 5.74) is 1.96. The summed E-state index contributed by atoms with van der Waals surface area (Å²) in [6.07, 6.45) is 12.6. The molecule has 0 N–H and O–H groups in total. The highest BCUT2D eigenvalue weighted by molar-refractivity contribution is 5.81. The van der Waals surface area contributed by atoms with Crippen molar-refractivity contribution in [1.82, 2.24) is 0 Å². The predicted molar refractivity (Wildman–Crippen MR) is 106 cm³/mol. The maximum absolute atomic E-state index is 12.7. The number of rotatable bonds is 2. The third-order valence-corrected chi connectivity index (χ3v) is 6.64. The number of hydrogen-bond acceptors (Lipinski definition) is 5. The van der Waals surface area contributed by atoms with Crippen molar-refractivity contribution in [2.45, 2.75) is 89.4 Å². The quantitative estimate of drug-likeness (QED) is 0.381. The van der Waals surface area contributed by atoms with Gasteiger partial charge in [-0.1, -0.05) is 23.3 Å². The Morgan fingerprint density at radius 2 is 1.93 bits per heavy atom. The molecular weight excluding hydrogens is 340 g/mol. The lowest BCUT2D eigenvalue weighted by atomic mass is 9.75. The minimum atomic E-state index is -0.824. The first kappa shape index (κ1) is 20.2. The van der Waals surface area contributed by atoms with Crippen molar-refractivity contribution in [3.63, 3.8) is 0 Å². The molecule has 0 aromatic rings. The molecule has 1 saturated heterocycles. The van der Waals surface area contributed by atoms with Gasteiger partial charge in [-0.3, -0.25) is 0 Å². The van der Waals surface area contributed by atoms with E-state index >= 15 is 0 Å². The number of azo groups is 1. The number of ether oxygens (including phenoxy) is 2. The lowest BCUT2D eigenvalue weighted by molar-refractivity contribution is -0.149. The Hall–Kier alpha value is -1.49. The van der Waals surface area contributed by atoms with E-state index in [1.165, 1.54) is 18.3 Å². The van der Waals surface area contributed by atoms with E-state index in [1.807, 2.05) is 0 Å². The van der Waals surface area contributed by atoms with Crippen molar-refractivity contribution in [1.29, 1.82) is 0 Å². The van der Waals surface area contributed by atoms with Gasteiger partial charge in [-0.05, 0) is 71.6 Å². The lowest BCUT2D eigenvalue weighted by Gasteiger charge is -2.31. The Balaban J connectivity index is 1.82. The molecule has 0 saturated carbocycles. The van der Waals surface area contributed by atoms with Crippen LogP contribution in [0.3, 0.4) is 0 Å². The standard InChI is InChI=1S/C22H34N2O3/c1-16-7-5-8-17(2)10-11-18(15-19-21(3,27-19)12-6-9-16)22(20(25)26-4)13-14-23-24-22/h8-9,18-19H,5-7,10-15H2,1-4H3/b16-9-,17-8-/t18?,19-,21-,22+/m1/s1. The molecule has 0 aromatic heterocycles. The number of methoxy groups -OCH3 is 1. The van der Waals surface area contributed by atoms with E-state index in [0.29, 0.717) is 13.0 Å². The van der Waals surface area contributed by atoms with Crippen LogP contribution in [0.1, 0.15) is 72.1 Å². The second-order valence-corrected chi connectivity index (χ2v) is 8.70. The molecule has 0 amide bonds. The molecule has 1 aliphatic carbocycles. The maximum Gasteiger partial charge on any atom is 0.336 e. The first-order chi connectivity index (χ1) is 12.9. The van der Waals surface area contributed by atoms with Crippen molar-refractivity contribution in [3.05, 3.63) is 23.3 Å². The zero-order chi connectivity index (χ0) is 19.5. The van der Waals surface area contributed by atoms with E-state index in [2.05, 4.69) is 43.2 Å². The molecule has 0 aromatic carbocycles. The fraction of sp³-hybridized carbons (Fsp3) is 0.773. The fourth-order valence-electron chi connectivity index (χ4n) is 4.59. The van der Waals surface area contributed by atoms with E-state index in [0.717, 1.165) is 44.9 Å². The Kier molecular flexibility index (Phi) is 6.19. The minimum absolute atomic E-state index is 0.0723. The monoisotopic (exact) mass is 374 g/mol. The van der Waals surface area contributed by atoms with Crippen molar-refractivity contribution in [2.24, 2.45) is 16.1 Å². The van der Waals surface area contributed by atoms with E-state index in [4.69, 9.17) is 9.47 Å². The molecule has 3 aliphatic rings. The van der Waals surface area contributed by atoms with Crippen molar-refractivity contribution < 1.29 is 14.3 Å². The Morgan fingerprint density at radius 3 is 2.63 bits per heavy atom. The van der Waals surface area contributed by atoms with Gasteiger partial charge in [0.1, 0.15) is 0 Å². The van der Waals surface area contributed by atoms with Crippen molar-refractivity contribution in [3.8, 4) is 0 Å². The van der Waals surface area contributed by atoms with Gasteiger partial charge >= 0.3 is 5.97 Å². The van der Waals surface area contributed by atoms with Crippen LogP contribution in [0.15, 0.2) is 33.5 Å². The first-order valence-electron chi connectivity index (χ1n) is 10.4. The number of epoxide rings is 1. The number of fused-ring (bicyclic) bond motifs is 1. The fourth-order valence-corrected chi connectivity index (χ4v) is 4.59. The molecule has 0 bridgehead atoms. The molecule has 1 unspecified atom stereocenters. The van der Waals surface area contributed by atoms with Gasteiger partial charge in [-0.15, -0.1) is 0 Å². The third kappa shape index (κ3) is 4.50. The van der Waals surface area contributed by atoms with Gasteiger partial charge < -0.3 is 9.47 Å². The summed E-state index contributed by atoms with van der Waals surface area (Å²) in [5, 5.41) is 8.62. The summed E-state index contributed by atoms with van der Waals surface area (Å²) in [7, 11) is 1.46. The summed E-state index contributed by atoms with van der Waals surface area (Å²) in [5.74, 6) is -0.135. The maximum atomic E-state index is 12.7. The average molecular weight is 375 g/mol. The molecule has 1 fully saturated rings. The molecule has 5 heteroatoms. The molecule has 27 heavy (non-hydrogen) atoms. The Morgan fingerprint density at radius 1 is 1.19 bits per heavy atom. The summed E-state index contributed by atoms with van der Waals surface area (Å²) in [6, 6.07) is 0. The highest BCUT2D eigenvalue weighted by atomic mass is 16.6. The summed E-state index contributed by atoms with van der Waals surface area (Å²) in [4.78, 5) is 12.7. The molecule has 0 spiro atoms. The highest BCUT2D eigenvalue weighted by Crippen LogP contribution is 2.48. The molecule has 2 aliphatic heterocycles. The zero-order valence-electron chi connectivity index (χ0n) is 17.3. The molecular formula is C22H34N2O3. The largest absolute Gasteiger partial charge is 0.467 e. The Labute approximate surface area is 163 Å². The van der Waals surface area contributed by atoms with Crippen LogP contribution in [-0.4, -0.2) is 36.9 Å². The van der Waals surface area contributed by atoms with Gasteiger partial charge in [0.25, 0.3) is 0 Å². The van der Waals surface area contributed by atoms with E-state index in [9.17, 15) is 4.79 Å². The van der Waals surface area contributed by atoms with Gasteiger partial charge in [0.2, 0.25) is 0 Å². The zero-order valence-corrected chi connectivity index (χ0v) is 17.3. The molecule has 0 radical (unpaired) electrons. The van der Waals surface area contributed by atoms with Gasteiger partial charge in [0, 0.05) is 6.42 Å². The first-order valence-corrected chi connectivity index (χ1v) is 10.4. The van der Waals surface area contributed by atoms with Gasteiger partial charge in [-0.25, -0.2) is 4.79 Å². The molecule has 2 heterocycles. The van der Waals surface area contributed by atoms with E-state index < -0.39 is 5.54 Å². The smallest absolute Gasteiger partial charge is 0.336 e. The number of esters is 1.